The van der Waals surface area contributed by atoms with E-state index in [2.05, 4.69) is 4.98 Å². The highest BCUT2D eigenvalue weighted by atomic mass is 19.3. The Morgan fingerprint density at radius 1 is 1.22 bits per heavy atom. The van der Waals surface area contributed by atoms with Gasteiger partial charge in [0.05, 0.1) is 17.5 Å². The third kappa shape index (κ3) is 2.73. The monoisotopic (exact) mass is 367 g/mol. The van der Waals surface area contributed by atoms with Crippen molar-refractivity contribution in [2.24, 2.45) is 0 Å². The smallest absolute Gasteiger partial charge is 0.331 e. The molecular formula is C22H19F2NO2. The van der Waals surface area contributed by atoms with Crippen LogP contribution in [0, 0.1) is 6.92 Å². The molecule has 5 heteroatoms. The first-order valence-corrected chi connectivity index (χ1v) is 8.88. The van der Waals surface area contributed by atoms with Gasteiger partial charge in [-0.2, -0.15) is 8.78 Å². The van der Waals surface area contributed by atoms with E-state index in [-0.39, 0.29) is 17.5 Å². The van der Waals surface area contributed by atoms with E-state index >= 15 is 0 Å². The normalized spacial score (nSPS) is 19.3. The molecule has 0 aliphatic heterocycles. The topological polar surface area (TPSA) is 50.2 Å². The Labute approximate surface area is 155 Å². The molecule has 1 aromatic heterocycles. The maximum atomic E-state index is 14.7. The first-order chi connectivity index (χ1) is 12.8. The van der Waals surface area contributed by atoms with Crippen LogP contribution in [0.1, 0.15) is 46.8 Å². The summed E-state index contributed by atoms with van der Waals surface area (Å²) in [5, 5.41) is 10.9. The highest BCUT2D eigenvalue weighted by molar-refractivity contribution is 5.98. The highest BCUT2D eigenvalue weighted by Crippen LogP contribution is 2.49. The van der Waals surface area contributed by atoms with Crippen molar-refractivity contribution >= 4 is 16.7 Å². The zero-order chi connectivity index (χ0) is 19.3. The lowest BCUT2D eigenvalue weighted by Gasteiger charge is -2.15. The number of aromatic nitrogens is 1. The van der Waals surface area contributed by atoms with E-state index in [1.54, 1.807) is 18.3 Å². The Kier molecular flexibility index (Phi) is 4.07. The number of benzene rings is 2. The summed E-state index contributed by atoms with van der Waals surface area (Å²) in [6, 6.07) is 12.2. The third-order valence-electron chi connectivity index (χ3n) is 5.36. The fourth-order valence-corrected chi connectivity index (χ4v) is 3.98. The first-order valence-electron chi connectivity index (χ1n) is 8.88. The molecule has 0 saturated heterocycles. The van der Waals surface area contributed by atoms with E-state index in [0.29, 0.717) is 5.56 Å². The van der Waals surface area contributed by atoms with Gasteiger partial charge in [0.2, 0.25) is 5.78 Å². The summed E-state index contributed by atoms with van der Waals surface area (Å²) in [7, 11) is 0. The van der Waals surface area contributed by atoms with Crippen molar-refractivity contribution in [1.82, 2.24) is 4.98 Å². The van der Waals surface area contributed by atoms with Gasteiger partial charge < -0.3 is 5.11 Å². The molecule has 1 N–H and O–H groups in total. The van der Waals surface area contributed by atoms with Crippen LogP contribution in [0.25, 0.3) is 10.9 Å². The number of aryl methyl sites for hydroxylation is 1. The average molecular weight is 367 g/mol. The minimum Gasteiger partial charge on any atom is -0.389 e. The number of carbonyl (C=O) groups excluding carboxylic acids is 1. The second kappa shape index (κ2) is 6.20. The van der Waals surface area contributed by atoms with E-state index in [0.717, 1.165) is 22.0 Å². The summed E-state index contributed by atoms with van der Waals surface area (Å²) in [4.78, 5) is 16.9. The van der Waals surface area contributed by atoms with Crippen LogP contribution in [0.2, 0.25) is 0 Å². The average Bonchev–Trinajstić information content (AvgIpc) is 2.83. The number of Topliss-reactive ketones (excluding diaryl/α,β-unsaturated/α-hetero) is 1. The molecular weight excluding hydrogens is 348 g/mol. The summed E-state index contributed by atoms with van der Waals surface area (Å²) in [5.74, 6) is -5.63. The van der Waals surface area contributed by atoms with Gasteiger partial charge in [0.1, 0.15) is 0 Å². The first kappa shape index (κ1) is 17.7. The summed E-state index contributed by atoms with van der Waals surface area (Å²) < 4.78 is 29.5. The van der Waals surface area contributed by atoms with Gasteiger partial charge in [-0.1, -0.05) is 30.3 Å². The van der Waals surface area contributed by atoms with Crippen LogP contribution < -0.4 is 0 Å². The molecule has 4 rings (SSSR count). The number of carbonyl (C=O) groups is 1. The Hall–Kier alpha value is -2.66. The van der Waals surface area contributed by atoms with Crippen LogP contribution in [0.4, 0.5) is 8.78 Å². The zero-order valence-electron chi connectivity index (χ0n) is 15.0. The number of fused-ring (bicyclic) bond motifs is 2. The molecule has 1 heterocycles. The number of halogens is 2. The lowest BCUT2D eigenvalue weighted by atomic mass is 9.91. The van der Waals surface area contributed by atoms with Gasteiger partial charge in [-0.05, 0) is 54.7 Å². The Bertz CT molecular complexity index is 1060. The number of aliphatic hydroxyl groups is 1. The van der Waals surface area contributed by atoms with Gasteiger partial charge in [0.25, 0.3) is 0 Å². The van der Waals surface area contributed by atoms with Crippen molar-refractivity contribution < 1.29 is 18.7 Å². The summed E-state index contributed by atoms with van der Waals surface area (Å²) in [6.45, 7) is 3.42. The Morgan fingerprint density at radius 2 is 2.00 bits per heavy atom. The molecule has 138 valence electrons. The van der Waals surface area contributed by atoms with E-state index in [9.17, 15) is 18.7 Å². The highest BCUT2D eigenvalue weighted by Gasteiger charge is 2.54. The van der Waals surface area contributed by atoms with Gasteiger partial charge in [0, 0.05) is 17.1 Å². The number of nitrogens with zero attached hydrogens (tertiary/aromatic N) is 1. The quantitative estimate of drug-likeness (QED) is 0.736. The van der Waals surface area contributed by atoms with Crippen LogP contribution in [0.5, 0.6) is 0 Å². The van der Waals surface area contributed by atoms with Crippen LogP contribution in [0.3, 0.4) is 0 Å². The van der Waals surface area contributed by atoms with Crippen molar-refractivity contribution in [3.63, 3.8) is 0 Å². The standard InChI is InChI=1S/C22H19F2NO2/c1-12-8-9-25-19-11-14(6-7-15(12)19)10-18-17-5-3-4-16(13(2)26)20(17)22(23,24)21(18)27/h3-9,11,13,18,26H,10H2,1-2H3/t13-,18?/m0/s1. The van der Waals surface area contributed by atoms with Gasteiger partial charge in [-0.25, -0.2) is 0 Å². The molecule has 0 spiro atoms. The summed E-state index contributed by atoms with van der Waals surface area (Å²) in [6.07, 6.45) is 0.821. The molecule has 0 radical (unpaired) electrons. The largest absolute Gasteiger partial charge is 0.389 e. The summed E-state index contributed by atoms with van der Waals surface area (Å²) >= 11 is 0. The number of aliphatic hydroxyl groups excluding tert-OH is 1. The van der Waals surface area contributed by atoms with Gasteiger partial charge in [-0.3, -0.25) is 9.78 Å². The molecule has 3 aromatic rings. The van der Waals surface area contributed by atoms with Crippen LogP contribution >= 0.6 is 0 Å². The SMILES string of the molecule is Cc1ccnc2cc(CC3C(=O)C(F)(F)c4c3cccc4[C@H](C)O)ccc12. The van der Waals surface area contributed by atoms with E-state index in [4.69, 9.17) is 0 Å². The molecule has 2 atom stereocenters. The third-order valence-corrected chi connectivity index (χ3v) is 5.36. The number of hydrogen-bond acceptors (Lipinski definition) is 3. The maximum absolute atomic E-state index is 14.7. The number of hydrogen-bond donors (Lipinski definition) is 1. The Morgan fingerprint density at radius 3 is 2.74 bits per heavy atom. The second-order valence-electron chi connectivity index (χ2n) is 7.16. The molecule has 1 unspecified atom stereocenters. The maximum Gasteiger partial charge on any atom is 0.331 e. The minimum absolute atomic E-state index is 0.115. The molecule has 0 amide bonds. The van der Waals surface area contributed by atoms with Gasteiger partial charge >= 0.3 is 5.92 Å². The lowest BCUT2D eigenvalue weighted by molar-refractivity contribution is -0.143. The van der Waals surface area contributed by atoms with E-state index < -0.39 is 23.7 Å². The molecule has 0 bridgehead atoms. The number of ketones is 1. The second-order valence-corrected chi connectivity index (χ2v) is 7.16. The molecule has 3 nitrogen and oxygen atoms in total. The fraction of sp³-hybridized carbons (Fsp3) is 0.273. The number of rotatable bonds is 3. The zero-order valence-corrected chi connectivity index (χ0v) is 15.0. The van der Waals surface area contributed by atoms with E-state index in [1.165, 1.54) is 13.0 Å². The number of alkyl halides is 2. The minimum atomic E-state index is -3.58. The van der Waals surface area contributed by atoms with Crippen molar-refractivity contribution in [1.29, 1.82) is 0 Å². The molecule has 0 fully saturated rings. The molecule has 2 aromatic carbocycles. The van der Waals surface area contributed by atoms with Crippen molar-refractivity contribution in [3.05, 3.63) is 76.5 Å². The van der Waals surface area contributed by atoms with E-state index in [1.807, 2.05) is 31.2 Å². The molecule has 1 aliphatic carbocycles. The number of pyridine rings is 1. The van der Waals surface area contributed by atoms with Crippen LogP contribution in [-0.2, 0) is 17.1 Å². The molecule has 0 saturated carbocycles. The van der Waals surface area contributed by atoms with Crippen molar-refractivity contribution in [2.45, 2.75) is 38.2 Å². The summed E-state index contributed by atoms with van der Waals surface area (Å²) in [5.41, 5.74) is 2.74. The predicted octanol–water partition coefficient (Wildman–Crippen LogP) is 4.60. The molecule has 27 heavy (non-hydrogen) atoms. The van der Waals surface area contributed by atoms with Gasteiger partial charge in [0.15, 0.2) is 0 Å². The predicted molar refractivity (Wildman–Crippen MR) is 98.9 cm³/mol. The van der Waals surface area contributed by atoms with Crippen LogP contribution in [-0.4, -0.2) is 15.9 Å². The van der Waals surface area contributed by atoms with Crippen molar-refractivity contribution in [3.8, 4) is 0 Å². The van der Waals surface area contributed by atoms with Gasteiger partial charge in [-0.15, -0.1) is 0 Å². The van der Waals surface area contributed by atoms with Crippen LogP contribution in [0.15, 0.2) is 48.7 Å². The lowest BCUT2D eigenvalue weighted by Crippen LogP contribution is -2.24. The molecule has 1 aliphatic rings. The van der Waals surface area contributed by atoms with Crippen molar-refractivity contribution in [2.75, 3.05) is 0 Å². The Balaban J connectivity index is 1.78. The fourth-order valence-electron chi connectivity index (χ4n) is 3.98.